The quantitative estimate of drug-likeness (QED) is 0.423. The van der Waals surface area contributed by atoms with Crippen molar-refractivity contribution in [2.75, 3.05) is 39.7 Å². The van der Waals surface area contributed by atoms with E-state index in [-0.39, 0.29) is 11.6 Å². The number of anilines is 1. The number of carbonyl (C=O) groups excluding carboxylic acids is 2. The smallest absolute Gasteiger partial charge is 0.396 e. The Bertz CT molecular complexity index is 1280. The average Bonchev–Trinajstić information content (AvgIpc) is 2.87. The molecule has 0 radical (unpaired) electrons. The molecule has 0 saturated carbocycles. The van der Waals surface area contributed by atoms with Crippen LogP contribution in [0.2, 0.25) is 0 Å². The van der Waals surface area contributed by atoms with E-state index in [0.717, 1.165) is 0 Å². The number of nitrogens with one attached hydrogen (secondary N) is 2. The first-order valence-electron chi connectivity index (χ1n) is 10.7. The Labute approximate surface area is 195 Å². The lowest BCUT2D eigenvalue weighted by Gasteiger charge is -2.32. The first kappa shape index (κ1) is 23.0. The molecule has 11 nitrogen and oxygen atoms in total. The summed E-state index contributed by atoms with van der Waals surface area (Å²) in [7, 11) is 4.20. The van der Waals surface area contributed by atoms with E-state index < -0.39 is 11.9 Å². The number of hydrogen-bond donors (Lipinski definition) is 2. The molecule has 1 aliphatic rings. The third-order valence-corrected chi connectivity index (χ3v) is 5.74. The number of nitrogens with zero attached hydrogens (tertiary/aromatic N) is 3. The highest BCUT2D eigenvalue weighted by Gasteiger charge is 2.28. The molecule has 1 fully saturated rings. The van der Waals surface area contributed by atoms with E-state index in [0.29, 0.717) is 65.5 Å². The van der Waals surface area contributed by atoms with Gasteiger partial charge in [-0.1, -0.05) is 0 Å². The van der Waals surface area contributed by atoms with Crippen LogP contribution in [0.1, 0.15) is 12.8 Å². The molecule has 0 bridgehead atoms. The van der Waals surface area contributed by atoms with Crippen molar-refractivity contribution in [2.45, 2.75) is 18.9 Å². The molecule has 1 aromatic carbocycles. The van der Waals surface area contributed by atoms with Gasteiger partial charge in [-0.2, -0.15) is 0 Å². The summed E-state index contributed by atoms with van der Waals surface area (Å²) >= 11 is 0. The van der Waals surface area contributed by atoms with Crippen LogP contribution in [0.25, 0.3) is 22.4 Å². The second-order valence-electron chi connectivity index (χ2n) is 7.74. The maximum absolute atomic E-state index is 12.9. The standard InChI is InChI=1S/C23H25N5O6/c1-32-14-11-16-18(17(12-14)33-2)21(29)27-20(26-16)19-15(5-4-8-24-19)25-13-6-9-28(10-7-13)22(30)23(31)34-3/h4-5,8,11-13,25H,6-7,9-10H2,1-3H3,(H,26,27,29). The van der Waals surface area contributed by atoms with Gasteiger partial charge >= 0.3 is 11.9 Å². The fourth-order valence-corrected chi connectivity index (χ4v) is 3.98. The van der Waals surface area contributed by atoms with Crippen LogP contribution in [0, 0.1) is 0 Å². The van der Waals surface area contributed by atoms with E-state index in [2.05, 4.69) is 25.0 Å². The van der Waals surface area contributed by atoms with Crippen LogP contribution < -0.4 is 20.3 Å². The highest BCUT2D eigenvalue weighted by Crippen LogP contribution is 2.30. The molecule has 3 aromatic rings. The van der Waals surface area contributed by atoms with Crippen LogP contribution in [0.5, 0.6) is 11.5 Å². The minimum Gasteiger partial charge on any atom is -0.497 e. The van der Waals surface area contributed by atoms with Crippen LogP contribution in [-0.2, 0) is 14.3 Å². The molecule has 0 spiro atoms. The molecular weight excluding hydrogens is 442 g/mol. The molecule has 0 unspecified atom stereocenters. The Kier molecular flexibility index (Phi) is 6.62. The van der Waals surface area contributed by atoms with Crippen LogP contribution in [0.3, 0.4) is 0 Å². The van der Waals surface area contributed by atoms with Gasteiger partial charge in [-0.25, -0.2) is 9.78 Å². The first-order chi connectivity index (χ1) is 16.4. The number of aromatic amines is 1. The van der Waals surface area contributed by atoms with E-state index in [9.17, 15) is 14.4 Å². The van der Waals surface area contributed by atoms with Gasteiger partial charge in [-0.05, 0) is 25.0 Å². The number of amides is 1. The molecule has 3 heterocycles. The normalized spacial score (nSPS) is 14.0. The van der Waals surface area contributed by atoms with E-state index >= 15 is 0 Å². The maximum Gasteiger partial charge on any atom is 0.396 e. The number of aromatic nitrogens is 3. The number of carbonyl (C=O) groups is 2. The van der Waals surface area contributed by atoms with Crippen LogP contribution in [0.15, 0.2) is 35.3 Å². The number of H-pyrrole nitrogens is 1. The van der Waals surface area contributed by atoms with Crippen LogP contribution in [0.4, 0.5) is 5.69 Å². The number of ether oxygens (including phenoxy) is 3. The summed E-state index contributed by atoms with van der Waals surface area (Å²) in [6.45, 7) is 0.845. The van der Waals surface area contributed by atoms with Gasteiger partial charge in [0.1, 0.15) is 22.6 Å². The summed E-state index contributed by atoms with van der Waals surface area (Å²) in [5.41, 5.74) is 1.24. The van der Waals surface area contributed by atoms with Crippen molar-refractivity contribution in [1.29, 1.82) is 0 Å². The molecule has 34 heavy (non-hydrogen) atoms. The number of esters is 1. The monoisotopic (exact) mass is 467 g/mol. The molecule has 4 rings (SSSR count). The molecule has 0 atom stereocenters. The maximum atomic E-state index is 12.9. The third kappa shape index (κ3) is 4.49. The van der Waals surface area contributed by atoms with Gasteiger partial charge in [0.2, 0.25) is 0 Å². The van der Waals surface area contributed by atoms with E-state index in [1.54, 1.807) is 24.4 Å². The molecule has 178 valence electrons. The van der Waals surface area contributed by atoms with Crippen molar-refractivity contribution >= 4 is 28.5 Å². The molecule has 2 aromatic heterocycles. The van der Waals surface area contributed by atoms with E-state index in [1.807, 2.05) is 6.07 Å². The summed E-state index contributed by atoms with van der Waals surface area (Å²) in [6, 6.07) is 6.97. The predicted octanol–water partition coefficient (Wildman–Crippen LogP) is 1.58. The van der Waals surface area contributed by atoms with E-state index in [4.69, 9.17) is 9.47 Å². The zero-order valence-corrected chi connectivity index (χ0v) is 19.1. The van der Waals surface area contributed by atoms with Gasteiger partial charge < -0.3 is 29.4 Å². The minimum atomic E-state index is -0.861. The fourth-order valence-electron chi connectivity index (χ4n) is 3.98. The Balaban J connectivity index is 1.60. The highest BCUT2D eigenvalue weighted by molar-refractivity contribution is 6.32. The van der Waals surface area contributed by atoms with Crippen molar-refractivity contribution in [1.82, 2.24) is 19.9 Å². The fraction of sp³-hybridized carbons (Fsp3) is 0.348. The number of hydrogen-bond acceptors (Lipinski definition) is 9. The molecule has 1 amide bonds. The lowest BCUT2D eigenvalue weighted by atomic mass is 10.0. The lowest BCUT2D eigenvalue weighted by molar-refractivity contribution is -0.158. The molecule has 1 aliphatic heterocycles. The highest BCUT2D eigenvalue weighted by atomic mass is 16.5. The zero-order chi connectivity index (χ0) is 24.2. The van der Waals surface area contributed by atoms with Crippen molar-refractivity contribution < 1.29 is 23.8 Å². The second-order valence-corrected chi connectivity index (χ2v) is 7.74. The molecular formula is C23H25N5O6. The SMILES string of the molecule is COC(=O)C(=O)N1CCC(Nc2cccnc2-c2nc3cc(OC)cc(OC)c3c(=O)[nH]2)CC1. The number of fused-ring (bicyclic) bond motifs is 1. The minimum absolute atomic E-state index is 0.0389. The lowest BCUT2D eigenvalue weighted by Crippen LogP contribution is -2.45. The van der Waals surface area contributed by atoms with Gasteiger partial charge in [0.15, 0.2) is 5.82 Å². The Hall–Kier alpha value is -4.15. The number of likely N-dealkylation sites (tertiary alicyclic amines) is 1. The first-order valence-corrected chi connectivity index (χ1v) is 10.7. The summed E-state index contributed by atoms with van der Waals surface area (Å²) < 4.78 is 15.2. The number of benzene rings is 1. The van der Waals surface area contributed by atoms with Crippen molar-refractivity contribution in [3.8, 4) is 23.0 Å². The summed E-state index contributed by atoms with van der Waals surface area (Å²) in [5, 5.41) is 3.75. The van der Waals surface area contributed by atoms with Gasteiger partial charge in [0.05, 0.1) is 32.5 Å². The van der Waals surface area contributed by atoms with E-state index in [1.165, 1.54) is 26.2 Å². The van der Waals surface area contributed by atoms with Gasteiger partial charge in [0.25, 0.3) is 5.56 Å². The van der Waals surface area contributed by atoms with Gasteiger partial charge in [-0.15, -0.1) is 0 Å². The summed E-state index contributed by atoms with van der Waals surface area (Å²) in [4.78, 5) is 49.8. The van der Waals surface area contributed by atoms with Crippen molar-refractivity contribution in [3.63, 3.8) is 0 Å². The molecule has 1 saturated heterocycles. The summed E-state index contributed by atoms with van der Waals surface area (Å²) in [5.74, 6) is -0.315. The Morgan fingerprint density at radius 1 is 1.15 bits per heavy atom. The predicted molar refractivity (Wildman–Crippen MR) is 124 cm³/mol. The van der Waals surface area contributed by atoms with Crippen molar-refractivity contribution in [3.05, 3.63) is 40.8 Å². The number of methoxy groups -OCH3 is 3. The Morgan fingerprint density at radius 2 is 1.91 bits per heavy atom. The van der Waals surface area contributed by atoms with Crippen LogP contribution >= 0.6 is 0 Å². The number of rotatable bonds is 5. The van der Waals surface area contributed by atoms with Crippen LogP contribution in [-0.4, -0.2) is 72.2 Å². The molecule has 0 aliphatic carbocycles. The largest absolute Gasteiger partial charge is 0.497 e. The average molecular weight is 467 g/mol. The number of piperidine rings is 1. The molecule has 11 heteroatoms. The molecule has 2 N–H and O–H groups in total. The summed E-state index contributed by atoms with van der Waals surface area (Å²) in [6.07, 6.45) is 2.88. The van der Waals surface area contributed by atoms with Crippen molar-refractivity contribution in [2.24, 2.45) is 0 Å². The Morgan fingerprint density at radius 3 is 2.59 bits per heavy atom. The number of pyridine rings is 1. The van der Waals surface area contributed by atoms with Gasteiger partial charge in [-0.3, -0.25) is 14.6 Å². The topological polar surface area (TPSA) is 136 Å². The van der Waals surface area contributed by atoms with Gasteiger partial charge in [0, 0.05) is 37.5 Å². The zero-order valence-electron chi connectivity index (χ0n) is 19.1. The third-order valence-electron chi connectivity index (χ3n) is 5.74. The second kappa shape index (κ2) is 9.77.